The molecule has 0 saturated carbocycles. The topological polar surface area (TPSA) is 134 Å². The van der Waals surface area contributed by atoms with Gasteiger partial charge in [0.05, 0.1) is 13.0 Å². The molecule has 5 atom stereocenters. The molecule has 2 saturated heterocycles. The van der Waals surface area contributed by atoms with Crippen LogP contribution in [-0.4, -0.2) is 60.4 Å². The van der Waals surface area contributed by atoms with E-state index in [1.807, 2.05) is 13.0 Å². The largest absolute Gasteiger partial charge is 0.368 e. The summed E-state index contributed by atoms with van der Waals surface area (Å²) < 4.78 is 0. The highest BCUT2D eigenvalue weighted by Gasteiger charge is 2.57. The summed E-state index contributed by atoms with van der Waals surface area (Å²) in [6.45, 7) is 2.01. The van der Waals surface area contributed by atoms with Gasteiger partial charge in [0.25, 0.3) is 0 Å². The highest BCUT2D eigenvalue weighted by Crippen LogP contribution is 2.47. The minimum atomic E-state index is -1.03. The molecule has 0 radical (unpaired) electrons. The lowest BCUT2D eigenvalue weighted by Gasteiger charge is -2.37. The number of fused-ring (bicyclic) bond motifs is 2. The zero-order valence-corrected chi connectivity index (χ0v) is 19.2. The monoisotopic (exact) mass is 455 g/mol. The second-order valence-corrected chi connectivity index (χ2v) is 9.93. The molecule has 0 bridgehead atoms. The van der Waals surface area contributed by atoms with Gasteiger partial charge in [-0.2, -0.15) is 0 Å². The normalized spacial score (nSPS) is 31.3. The summed E-state index contributed by atoms with van der Waals surface area (Å²) in [4.78, 5) is 52.3. The predicted molar refractivity (Wildman–Crippen MR) is 122 cm³/mol. The fourth-order valence-corrected chi connectivity index (χ4v) is 6.07. The average Bonchev–Trinajstić information content (AvgIpc) is 2.98. The molecule has 1 aromatic rings. The van der Waals surface area contributed by atoms with Gasteiger partial charge in [0.1, 0.15) is 18.2 Å². The first-order valence-electron chi connectivity index (χ1n) is 11.6. The van der Waals surface area contributed by atoms with E-state index in [9.17, 15) is 19.2 Å². The maximum Gasteiger partial charge on any atom is 0.248 e. The summed E-state index contributed by atoms with van der Waals surface area (Å²) in [5.41, 5.74) is 7.98. The Morgan fingerprint density at radius 2 is 1.94 bits per heavy atom. The Morgan fingerprint density at radius 1 is 1.21 bits per heavy atom. The van der Waals surface area contributed by atoms with Crippen molar-refractivity contribution in [2.24, 2.45) is 17.1 Å². The number of hydrogen-bond donors (Lipinski definition) is 4. The quantitative estimate of drug-likeness (QED) is 0.472. The van der Waals surface area contributed by atoms with E-state index in [1.54, 1.807) is 7.05 Å². The number of nitrogens with zero attached hydrogens (tertiary/aromatic N) is 1. The van der Waals surface area contributed by atoms with Crippen LogP contribution in [0.25, 0.3) is 0 Å². The van der Waals surface area contributed by atoms with Crippen molar-refractivity contribution in [1.82, 2.24) is 20.9 Å². The molecule has 178 valence electrons. The molecule has 2 heterocycles. The number of nitrogens with one attached hydrogen (secondary N) is 3. The van der Waals surface area contributed by atoms with Gasteiger partial charge in [0, 0.05) is 5.41 Å². The second kappa shape index (κ2) is 9.13. The van der Waals surface area contributed by atoms with Crippen molar-refractivity contribution in [3.05, 3.63) is 35.4 Å². The van der Waals surface area contributed by atoms with E-state index in [0.717, 1.165) is 25.7 Å². The van der Waals surface area contributed by atoms with E-state index in [2.05, 4.69) is 34.1 Å². The highest BCUT2D eigenvalue weighted by atomic mass is 16.2. The van der Waals surface area contributed by atoms with Crippen molar-refractivity contribution in [2.75, 3.05) is 13.6 Å². The Kier molecular flexibility index (Phi) is 6.43. The number of primary amides is 1. The minimum Gasteiger partial charge on any atom is -0.368 e. The molecular formula is C24H33N5O4. The van der Waals surface area contributed by atoms with Gasteiger partial charge >= 0.3 is 0 Å². The molecule has 9 heteroatoms. The summed E-state index contributed by atoms with van der Waals surface area (Å²) in [5, 5.41) is 8.24. The lowest BCUT2D eigenvalue weighted by atomic mass is 9.70. The molecule has 0 spiro atoms. The Bertz CT molecular complexity index is 966. The van der Waals surface area contributed by atoms with Crippen LogP contribution >= 0.6 is 0 Å². The third-order valence-electron chi connectivity index (χ3n) is 7.35. The molecule has 2 fully saturated rings. The molecule has 9 nitrogen and oxygen atoms in total. The van der Waals surface area contributed by atoms with Crippen molar-refractivity contribution >= 4 is 23.6 Å². The van der Waals surface area contributed by atoms with E-state index in [0.29, 0.717) is 12.3 Å². The number of hydrogen-bond acceptors (Lipinski definition) is 5. The van der Waals surface area contributed by atoms with Gasteiger partial charge in [-0.25, -0.2) is 0 Å². The van der Waals surface area contributed by atoms with E-state index < -0.39 is 35.5 Å². The lowest BCUT2D eigenvalue weighted by molar-refractivity contribution is -0.144. The number of likely N-dealkylation sites (N-methyl/N-ethyl adjacent to an activating group) is 1. The van der Waals surface area contributed by atoms with Crippen LogP contribution < -0.4 is 21.7 Å². The zero-order valence-electron chi connectivity index (χ0n) is 19.2. The Morgan fingerprint density at radius 3 is 2.64 bits per heavy atom. The molecule has 1 aliphatic carbocycles. The van der Waals surface area contributed by atoms with Crippen molar-refractivity contribution in [2.45, 2.75) is 63.7 Å². The van der Waals surface area contributed by atoms with Crippen molar-refractivity contribution in [3.63, 3.8) is 0 Å². The van der Waals surface area contributed by atoms with Gasteiger partial charge < -0.3 is 26.6 Å². The van der Waals surface area contributed by atoms with Crippen LogP contribution in [0.3, 0.4) is 0 Å². The second-order valence-electron chi connectivity index (χ2n) is 9.93. The van der Waals surface area contributed by atoms with E-state index >= 15 is 0 Å². The van der Waals surface area contributed by atoms with E-state index in [-0.39, 0.29) is 24.8 Å². The molecule has 4 rings (SSSR count). The number of carbonyl (C=O) groups is 4. The first-order chi connectivity index (χ1) is 15.7. The fourth-order valence-electron chi connectivity index (χ4n) is 6.07. The number of nitrogens with two attached hydrogens (primary N) is 1. The van der Waals surface area contributed by atoms with E-state index in [1.165, 1.54) is 16.0 Å². The Balaban J connectivity index is 1.57. The third kappa shape index (κ3) is 4.59. The van der Waals surface area contributed by atoms with Crippen LogP contribution in [0.1, 0.15) is 43.7 Å². The average molecular weight is 456 g/mol. The molecule has 2 aliphatic heterocycles. The van der Waals surface area contributed by atoms with Crippen LogP contribution in [0.5, 0.6) is 0 Å². The van der Waals surface area contributed by atoms with Gasteiger partial charge in [-0.05, 0) is 56.2 Å². The zero-order chi connectivity index (χ0) is 23.8. The van der Waals surface area contributed by atoms with Gasteiger partial charge in [-0.1, -0.05) is 31.2 Å². The van der Waals surface area contributed by atoms with Crippen molar-refractivity contribution in [3.8, 4) is 0 Å². The highest BCUT2D eigenvalue weighted by molar-refractivity contribution is 5.97. The first kappa shape index (κ1) is 23.2. The maximum atomic E-state index is 13.5. The summed E-state index contributed by atoms with van der Waals surface area (Å²) in [7, 11) is 1.62. The van der Waals surface area contributed by atoms with Gasteiger partial charge in [0.2, 0.25) is 23.6 Å². The molecule has 1 aromatic carbocycles. The minimum absolute atomic E-state index is 0.0228. The van der Waals surface area contributed by atoms with Crippen LogP contribution in [-0.2, 0) is 32.0 Å². The van der Waals surface area contributed by atoms with Gasteiger partial charge in [0.15, 0.2) is 0 Å². The first-order valence-corrected chi connectivity index (χ1v) is 11.6. The molecule has 3 aliphatic rings. The number of carbonyl (C=O) groups excluding carboxylic acids is 4. The van der Waals surface area contributed by atoms with E-state index in [4.69, 9.17) is 5.73 Å². The summed E-state index contributed by atoms with van der Waals surface area (Å²) in [6.07, 6.45) is 3.31. The van der Waals surface area contributed by atoms with Gasteiger partial charge in [-0.15, -0.1) is 0 Å². The predicted octanol–water partition coefficient (Wildman–Crippen LogP) is -0.176. The number of benzene rings is 1. The number of amides is 4. The van der Waals surface area contributed by atoms with Crippen molar-refractivity contribution in [1.29, 1.82) is 0 Å². The summed E-state index contributed by atoms with van der Waals surface area (Å²) in [6, 6.07) is 6.54. The van der Waals surface area contributed by atoms with Gasteiger partial charge in [-0.3, -0.25) is 19.2 Å². The maximum absolute atomic E-state index is 13.5. The lowest BCUT2D eigenvalue weighted by Crippen LogP contribution is -2.58. The summed E-state index contributed by atoms with van der Waals surface area (Å²) >= 11 is 0. The van der Waals surface area contributed by atoms with Crippen LogP contribution in [0.2, 0.25) is 0 Å². The smallest absolute Gasteiger partial charge is 0.248 e. The van der Waals surface area contributed by atoms with Crippen LogP contribution in [0.4, 0.5) is 0 Å². The molecule has 33 heavy (non-hydrogen) atoms. The van der Waals surface area contributed by atoms with Crippen molar-refractivity contribution < 1.29 is 19.2 Å². The molecular weight excluding hydrogens is 422 g/mol. The standard InChI is InChI=1S/C24H33N5O4/c1-24(11-14-7-8-15-5-3-4-6-16(15)9-14)12-18-28-19(30)10-17(27-20(31)13-26-2)23(33)29(18)21(24)22(25)32/h3-6,14,17-18,21,26H,7-13H2,1-2H3,(H2,25,32)(H,27,31)(H,28,30). The Labute approximate surface area is 193 Å². The number of rotatable bonds is 6. The molecule has 0 aromatic heterocycles. The number of aryl methyl sites for hydroxylation is 1. The third-order valence-corrected chi connectivity index (χ3v) is 7.35. The molecule has 5 N–H and O–H groups in total. The molecule has 4 amide bonds. The van der Waals surface area contributed by atoms with Crippen LogP contribution in [0.15, 0.2) is 24.3 Å². The fraction of sp³-hybridized carbons (Fsp3) is 0.583. The van der Waals surface area contributed by atoms with Crippen LogP contribution in [0, 0.1) is 11.3 Å². The Hall–Kier alpha value is -2.94. The summed E-state index contributed by atoms with van der Waals surface area (Å²) in [5.74, 6) is -1.39. The molecule has 5 unspecified atom stereocenters. The SMILES string of the molecule is CNCC(=O)NC1CC(=O)NC2CC(C)(CC3CCc4ccccc4C3)C(C(N)=O)N2C1=O.